The summed E-state index contributed by atoms with van der Waals surface area (Å²) in [7, 11) is -1.29. The number of rotatable bonds is 22. The number of benzene rings is 2. The summed E-state index contributed by atoms with van der Waals surface area (Å²) in [4.78, 5) is 56.0. The zero-order valence-corrected chi connectivity index (χ0v) is 49.8. The van der Waals surface area contributed by atoms with Crippen LogP contribution >= 0.6 is 0 Å². The summed E-state index contributed by atoms with van der Waals surface area (Å²) in [6.45, 7) is 42.3. The Morgan fingerprint density at radius 1 is 0.630 bits per heavy atom. The Balaban J connectivity index is 1.52. The Morgan fingerprint density at radius 2 is 1.10 bits per heavy atom. The summed E-state index contributed by atoms with van der Waals surface area (Å²) in [6.07, 6.45) is 3.50. The second-order valence-corrected chi connectivity index (χ2v) is 34.8. The molecule has 2 aromatic rings. The number of ketones is 2. The van der Waals surface area contributed by atoms with E-state index >= 15 is 0 Å². The molecule has 73 heavy (non-hydrogen) atoms. The van der Waals surface area contributed by atoms with Gasteiger partial charge in [0.2, 0.25) is 0 Å². The fourth-order valence-corrected chi connectivity index (χ4v) is 10.5. The molecule has 2 unspecified atom stereocenters. The molecule has 0 radical (unpaired) electrons. The van der Waals surface area contributed by atoms with Crippen molar-refractivity contribution in [2.75, 3.05) is 51.3 Å². The summed E-state index contributed by atoms with van der Waals surface area (Å²) in [5.41, 5.74) is 0.622. The molecule has 4 rings (SSSR count). The molecule has 2 fully saturated rings. The number of carbonyl (C=O) groups is 4. The van der Waals surface area contributed by atoms with Gasteiger partial charge in [0, 0.05) is 42.4 Å². The van der Waals surface area contributed by atoms with Crippen molar-refractivity contribution in [2.24, 2.45) is 17.3 Å². The van der Waals surface area contributed by atoms with Gasteiger partial charge in [-0.2, -0.15) is 0 Å². The molecule has 408 valence electrons. The third kappa shape index (κ3) is 16.7. The van der Waals surface area contributed by atoms with Crippen LogP contribution in [0.25, 0.3) is 0 Å². The molecular weight excluding hydrogens is 961 g/mol. The predicted molar refractivity (Wildman–Crippen MR) is 296 cm³/mol. The predicted octanol–water partition coefficient (Wildman–Crippen LogP) is 14.7. The second-order valence-electron chi connectivity index (χ2n) is 25.2. The number of methoxy groups -OCH3 is 2. The van der Waals surface area contributed by atoms with Crippen LogP contribution in [-0.2, 0) is 18.3 Å². The Bertz CT molecular complexity index is 2330. The van der Waals surface area contributed by atoms with Gasteiger partial charge < -0.3 is 37.3 Å². The van der Waals surface area contributed by atoms with Crippen LogP contribution in [0.4, 0.5) is 21.0 Å². The van der Waals surface area contributed by atoms with Gasteiger partial charge in [-0.05, 0) is 147 Å². The van der Waals surface area contributed by atoms with Gasteiger partial charge in [-0.25, -0.2) is 9.59 Å². The lowest BCUT2D eigenvalue weighted by Gasteiger charge is -2.39. The maximum Gasteiger partial charge on any atom is 0.412 e. The minimum atomic E-state index is -2.23. The van der Waals surface area contributed by atoms with E-state index < -0.39 is 51.4 Å². The van der Waals surface area contributed by atoms with Gasteiger partial charge >= 0.3 is 12.2 Å². The first kappa shape index (κ1) is 60.9. The van der Waals surface area contributed by atoms with E-state index in [0.29, 0.717) is 99.7 Å². The lowest BCUT2D eigenvalue weighted by Crippen LogP contribution is -2.45. The summed E-state index contributed by atoms with van der Waals surface area (Å²) in [5.74, 6) is 0.635. The number of Topliss-reactive ketones (excluding diaryl/α,β-unsaturated/α-hetero) is 2. The van der Waals surface area contributed by atoms with Crippen LogP contribution < -0.4 is 29.6 Å². The van der Waals surface area contributed by atoms with E-state index in [4.69, 9.17) is 37.3 Å². The van der Waals surface area contributed by atoms with Gasteiger partial charge in [0.15, 0.2) is 51.2 Å². The highest BCUT2D eigenvalue weighted by atomic mass is 28.4. The van der Waals surface area contributed by atoms with Crippen LogP contribution in [0.2, 0.25) is 36.3 Å². The molecule has 0 spiro atoms. The lowest BCUT2D eigenvalue weighted by molar-refractivity contribution is 0.0623. The monoisotopic (exact) mass is 1050 g/mol. The van der Waals surface area contributed by atoms with Gasteiger partial charge in [-0.15, -0.1) is 0 Å². The highest BCUT2D eigenvalue weighted by Gasteiger charge is 2.48. The minimum absolute atomic E-state index is 0.0138. The number of carbonyl (C=O) groups excluding carboxylic acids is 4. The summed E-state index contributed by atoms with van der Waals surface area (Å²) < 4.78 is 48.7. The maximum absolute atomic E-state index is 14.9. The lowest BCUT2D eigenvalue weighted by atomic mass is 9.78. The Morgan fingerprint density at radius 3 is 1.53 bits per heavy atom. The van der Waals surface area contributed by atoms with Crippen LogP contribution in [0.15, 0.2) is 48.6 Å². The number of hydrogen-bond donors (Lipinski definition) is 2. The Labute approximate surface area is 439 Å². The van der Waals surface area contributed by atoms with E-state index in [0.717, 1.165) is 11.1 Å². The van der Waals surface area contributed by atoms with Crippen molar-refractivity contribution >= 4 is 51.8 Å². The van der Waals surface area contributed by atoms with Gasteiger partial charge in [-0.3, -0.25) is 20.2 Å². The maximum atomic E-state index is 14.9. The largest absolute Gasteiger partial charge is 0.493 e. The molecule has 14 nitrogen and oxygen atoms in total. The summed E-state index contributed by atoms with van der Waals surface area (Å²) in [5, 5.41) is 5.63. The summed E-state index contributed by atoms with van der Waals surface area (Å²) in [6, 6.07) is 6.52. The molecule has 3 atom stereocenters. The number of ether oxygens (including phenoxy) is 6. The van der Waals surface area contributed by atoms with Crippen molar-refractivity contribution < 1.29 is 56.5 Å². The minimum Gasteiger partial charge on any atom is -0.493 e. The first-order chi connectivity index (χ1) is 33.5. The molecule has 16 heteroatoms. The molecule has 0 heterocycles. The molecule has 0 aliphatic heterocycles. The molecule has 2 aliphatic carbocycles. The molecule has 2 aliphatic rings. The number of anilines is 2. The van der Waals surface area contributed by atoms with E-state index in [9.17, 15) is 19.2 Å². The van der Waals surface area contributed by atoms with Crippen molar-refractivity contribution in [3.8, 4) is 23.0 Å². The van der Waals surface area contributed by atoms with Crippen LogP contribution in [0.1, 0.15) is 155 Å². The molecule has 2 saturated carbocycles. The number of hydrogen-bond acceptors (Lipinski definition) is 12. The van der Waals surface area contributed by atoms with E-state index in [1.54, 1.807) is 65.8 Å². The highest BCUT2D eigenvalue weighted by Crippen LogP contribution is 2.49. The molecule has 0 bridgehead atoms. The smallest absolute Gasteiger partial charge is 0.412 e. The van der Waals surface area contributed by atoms with Crippen molar-refractivity contribution in [1.82, 2.24) is 0 Å². The third-order valence-electron chi connectivity index (χ3n) is 14.7. The van der Waals surface area contributed by atoms with E-state index in [-0.39, 0.29) is 51.1 Å². The van der Waals surface area contributed by atoms with Crippen LogP contribution in [0.3, 0.4) is 0 Å². The number of unbranched alkanes of at least 4 members (excludes halogenated alkanes) is 2. The first-order valence-electron chi connectivity index (χ1n) is 25.9. The van der Waals surface area contributed by atoms with Gasteiger partial charge in [-0.1, -0.05) is 65.8 Å². The Kier molecular flexibility index (Phi) is 20.0. The van der Waals surface area contributed by atoms with E-state index in [1.165, 1.54) is 14.2 Å². The second kappa shape index (κ2) is 23.9. The average Bonchev–Trinajstić information content (AvgIpc) is 3.83. The quantitative estimate of drug-likeness (QED) is 0.0497. The van der Waals surface area contributed by atoms with Gasteiger partial charge in [0.1, 0.15) is 11.2 Å². The molecule has 2 aromatic carbocycles. The molecule has 0 aromatic heterocycles. The fourth-order valence-electron chi connectivity index (χ4n) is 8.40. The molecule has 0 saturated heterocycles. The zero-order valence-electron chi connectivity index (χ0n) is 47.8. The van der Waals surface area contributed by atoms with Crippen molar-refractivity contribution in [1.29, 1.82) is 0 Å². The molecule has 2 N–H and O–H groups in total. The topological polar surface area (TPSA) is 166 Å². The third-order valence-corrected chi connectivity index (χ3v) is 23.6. The van der Waals surface area contributed by atoms with Gasteiger partial charge in [0.25, 0.3) is 0 Å². The van der Waals surface area contributed by atoms with Crippen LogP contribution in [-0.4, -0.2) is 92.2 Å². The van der Waals surface area contributed by atoms with Crippen LogP contribution in [0, 0.1) is 17.3 Å². The molecular formula is C57H90N2O12Si2. The zero-order chi connectivity index (χ0) is 55.1. The first-order valence-corrected chi connectivity index (χ1v) is 31.7. The van der Waals surface area contributed by atoms with Gasteiger partial charge in [0.05, 0.1) is 44.2 Å². The number of amides is 2. The standard InChI is InChI=1S/C57H90N2O12Si2/c1-37-24-25-57(34-37,36-69-73(19,20)56(12,13)14)50(61)42-31-46(65-16)48(33-44(42)59-52(63)71-54(6,7)8)67-27-23-21-22-26-66-47-32-43(58-51(62)70-53(3,4)5)41(30-45(47)64-15)49(60)40-29-38(2)28-39(40)35-68-72(17,18)55(9,10)11/h30-33,39-40H,1-2,21-29,34-36H2,3-20H3,(H,58,62)(H,59,63)/t39-,40?,57?/m0/s1. The summed E-state index contributed by atoms with van der Waals surface area (Å²) >= 11 is 0. The van der Waals surface area contributed by atoms with Crippen LogP contribution in [0.5, 0.6) is 23.0 Å². The van der Waals surface area contributed by atoms with E-state index in [1.807, 2.05) is 0 Å². The Hall–Kier alpha value is -4.65. The highest BCUT2D eigenvalue weighted by molar-refractivity contribution is 6.74. The SMILES string of the molecule is C=C1CC(C(=O)c2cc(OC)c(OCCCCCOc3cc(NC(=O)OC(C)(C)C)c(C(=O)C4(CO[Si](C)(C)C(C)(C)C)CCC(=C)C4)cc3OC)cc2NC(=O)OC(C)(C)C)[C@H](CO[Si](C)(C)C(C)(C)C)C1. The average molecular weight is 1050 g/mol. The van der Waals surface area contributed by atoms with Crippen molar-refractivity contribution in [2.45, 2.75) is 182 Å². The van der Waals surface area contributed by atoms with Crippen molar-refractivity contribution in [3.63, 3.8) is 0 Å². The number of allylic oxidation sites excluding steroid dienone is 2. The molecule has 2 amide bonds. The fraction of sp³-hybridized carbons (Fsp3) is 0.649. The number of nitrogens with one attached hydrogen (secondary N) is 2. The van der Waals surface area contributed by atoms with E-state index in [2.05, 4.69) is 91.5 Å². The normalized spacial score (nSPS) is 18.8. The van der Waals surface area contributed by atoms with Crippen molar-refractivity contribution in [3.05, 3.63) is 59.7 Å².